The van der Waals surface area contributed by atoms with Crippen LogP contribution in [-0.2, 0) is 11.3 Å². The predicted octanol–water partition coefficient (Wildman–Crippen LogP) is 3.16. The second kappa shape index (κ2) is 8.73. The number of carbonyl (C=O) groups excluding carboxylic acids is 2. The summed E-state index contributed by atoms with van der Waals surface area (Å²) in [5, 5.41) is 18.1. The summed E-state index contributed by atoms with van der Waals surface area (Å²) in [4.78, 5) is 40.4. The minimum absolute atomic E-state index is 0.0431. The zero-order valence-electron chi connectivity index (χ0n) is 21.3. The second-order valence-corrected chi connectivity index (χ2v) is 11.6. The van der Waals surface area contributed by atoms with Crippen LogP contribution in [0.1, 0.15) is 76.7 Å². The zero-order chi connectivity index (χ0) is 25.7. The Balaban J connectivity index is 1.75. The third kappa shape index (κ3) is 5.36. The van der Waals surface area contributed by atoms with E-state index in [1.807, 2.05) is 47.6 Å². The molecule has 1 saturated carbocycles. The van der Waals surface area contributed by atoms with Crippen LogP contribution < -0.4 is 10.9 Å². The quantitative estimate of drug-likeness (QED) is 0.687. The van der Waals surface area contributed by atoms with Crippen LogP contribution in [0.2, 0.25) is 0 Å². The second-order valence-electron chi connectivity index (χ2n) is 11.6. The summed E-state index contributed by atoms with van der Waals surface area (Å²) >= 11 is 0. The molecule has 0 radical (unpaired) electrons. The van der Waals surface area contributed by atoms with Gasteiger partial charge in [-0.05, 0) is 51.0 Å². The molecule has 0 atom stereocenters. The molecule has 2 aliphatic rings. The van der Waals surface area contributed by atoms with Crippen LogP contribution in [-0.4, -0.2) is 60.9 Å². The molecule has 1 fully saturated rings. The van der Waals surface area contributed by atoms with E-state index >= 15 is 0 Å². The van der Waals surface area contributed by atoms with E-state index in [0.717, 1.165) is 18.4 Å². The van der Waals surface area contributed by atoms with Crippen molar-refractivity contribution in [1.29, 1.82) is 0 Å². The van der Waals surface area contributed by atoms with E-state index in [4.69, 9.17) is 4.74 Å². The van der Waals surface area contributed by atoms with Crippen LogP contribution >= 0.6 is 0 Å². The van der Waals surface area contributed by atoms with Gasteiger partial charge in [-0.1, -0.05) is 26.8 Å². The third-order valence-corrected chi connectivity index (χ3v) is 5.86. The highest BCUT2D eigenvalue weighted by atomic mass is 16.6. The van der Waals surface area contributed by atoms with Gasteiger partial charge in [-0.25, -0.2) is 4.79 Å². The monoisotopic (exact) mass is 485 g/mol. The van der Waals surface area contributed by atoms with Gasteiger partial charge in [-0.3, -0.25) is 14.2 Å². The molecule has 1 aliphatic carbocycles. The number of hydrogen-bond donors (Lipinski definition) is 2. The minimum atomic E-state index is -0.582. The zero-order valence-corrected chi connectivity index (χ0v) is 21.3. The molecule has 1 aliphatic heterocycles. The van der Waals surface area contributed by atoms with Crippen LogP contribution in [0, 0.1) is 5.41 Å². The van der Waals surface area contributed by atoms with Crippen molar-refractivity contribution >= 4 is 23.2 Å². The first-order chi connectivity index (χ1) is 16.2. The molecule has 0 saturated heterocycles. The van der Waals surface area contributed by atoms with Crippen LogP contribution in [0.25, 0.3) is 11.2 Å². The lowest BCUT2D eigenvalue weighted by molar-refractivity contribution is 0.0270. The average Bonchev–Trinajstić information content (AvgIpc) is 3.43. The van der Waals surface area contributed by atoms with Gasteiger partial charge < -0.3 is 20.1 Å². The van der Waals surface area contributed by atoms with Crippen LogP contribution in [0.5, 0.6) is 5.88 Å². The SMILES string of the molecule is CC(C)(C)Cn1c(=O)c(C(=O)NC2CC2)c(O)n2ncc(C3=CCN(C(=O)OC(C)(C)C)CC3)c12. The van der Waals surface area contributed by atoms with Crippen LogP contribution in [0.15, 0.2) is 17.1 Å². The first kappa shape index (κ1) is 24.8. The maximum absolute atomic E-state index is 13.5. The van der Waals surface area contributed by atoms with Gasteiger partial charge in [0.05, 0.1) is 6.20 Å². The first-order valence-electron chi connectivity index (χ1n) is 12.1. The Morgan fingerprint density at radius 1 is 1.20 bits per heavy atom. The summed E-state index contributed by atoms with van der Waals surface area (Å²) in [5.41, 5.74) is 0.349. The molecule has 0 unspecified atom stereocenters. The summed E-state index contributed by atoms with van der Waals surface area (Å²) in [6.45, 7) is 12.6. The molecule has 10 heteroatoms. The van der Waals surface area contributed by atoms with Crippen LogP contribution in [0.4, 0.5) is 4.79 Å². The van der Waals surface area contributed by atoms with Crippen molar-refractivity contribution in [2.24, 2.45) is 5.41 Å². The molecule has 2 aromatic rings. The van der Waals surface area contributed by atoms with Crippen molar-refractivity contribution in [2.45, 2.75) is 79.0 Å². The number of nitrogens with zero attached hydrogens (tertiary/aromatic N) is 4. The number of nitrogens with one attached hydrogen (secondary N) is 1. The summed E-state index contributed by atoms with van der Waals surface area (Å²) < 4.78 is 8.27. The van der Waals surface area contributed by atoms with Gasteiger partial charge in [-0.15, -0.1) is 0 Å². The Morgan fingerprint density at radius 3 is 2.43 bits per heavy atom. The summed E-state index contributed by atoms with van der Waals surface area (Å²) in [6, 6.07) is 0.0431. The molecule has 0 bridgehead atoms. The van der Waals surface area contributed by atoms with Crippen molar-refractivity contribution < 1.29 is 19.4 Å². The highest BCUT2D eigenvalue weighted by molar-refractivity contribution is 5.97. The van der Waals surface area contributed by atoms with Crippen molar-refractivity contribution in [3.63, 3.8) is 0 Å². The van der Waals surface area contributed by atoms with E-state index in [1.54, 1.807) is 11.1 Å². The number of amides is 2. The van der Waals surface area contributed by atoms with Crippen molar-refractivity contribution in [1.82, 2.24) is 24.4 Å². The van der Waals surface area contributed by atoms with Gasteiger partial charge in [0.2, 0.25) is 5.88 Å². The maximum Gasteiger partial charge on any atom is 0.410 e. The Bertz CT molecular complexity index is 1250. The molecule has 3 heterocycles. The summed E-state index contributed by atoms with van der Waals surface area (Å²) in [5.74, 6) is -1.05. The molecule has 35 heavy (non-hydrogen) atoms. The van der Waals surface area contributed by atoms with E-state index in [0.29, 0.717) is 37.3 Å². The number of aromatic hydroxyl groups is 1. The number of aromatic nitrogens is 3. The molecular formula is C25H35N5O5. The standard InChI is InChI=1S/C25H35N5O5/c1-24(2,3)14-29-20-17(15-9-11-28(12-10-15)23(34)35-25(4,5)6)13-26-30(20)22(33)18(21(29)32)19(31)27-16-7-8-16/h9,13,16,33H,7-8,10-12,14H2,1-6H3,(H,27,31). The summed E-state index contributed by atoms with van der Waals surface area (Å²) in [7, 11) is 0. The molecule has 0 spiro atoms. The fourth-order valence-electron chi connectivity index (χ4n) is 4.13. The van der Waals surface area contributed by atoms with E-state index in [2.05, 4.69) is 10.4 Å². The van der Waals surface area contributed by atoms with Crippen molar-refractivity contribution in [2.75, 3.05) is 13.1 Å². The Hall–Kier alpha value is -3.30. The molecular weight excluding hydrogens is 450 g/mol. The fraction of sp³-hybridized carbons (Fsp3) is 0.600. The average molecular weight is 486 g/mol. The van der Waals surface area contributed by atoms with E-state index in [1.165, 1.54) is 9.08 Å². The first-order valence-corrected chi connectivity index (χ1v) is 12.1. The van der Waals surface area contributed by atoms with E-state index in [-0.39, 0.29) is 23.1 Å². The maximum atomic E-state index is 13.5. The smallest absolute Gasteiger partial charge is 0.410 e. The summed E-state index contributed by atoms with van der Waals surface area (Å²) in [6.07, 6.45) is 5.42. The number of fused-ring (bicyclic) bond motifs is 1. The molecule has 0 aromatic carbocycles. The highest BCUT2D eigenvalue weighted by Gasteiger charge is 2.32. The largest absolute Gasteiger partial charge is 0.492 e. The van der Waals surface area contributed by atoms with Crippen molar-refractivity contribution in [3.8, 4) is 5.88 Å². The fourth-order valence-corrected chi connectivity index (χ4v) is 4.13. The topological polar surface area (TPSA) is 118 Å². The van der Waals surface area contributed by atoms with Gasteiger partial charge in [0.1, 0.15) is 11.2 Å². The number of ether oxygens (including phenoxy) is 1. The molecule has 2 aromatic heterocycles. The lowest BCUT2D eigenvalue weighted by Gasteiger charge is -2.29. The van der Waals surface area contributed by atoms with Gasteiger partial charge in [-0.2, -0.15) is 9.61 Å². The van der Waals surface area contributed by atoms with Gasteiger partial charge in [0.15, 0.2) is 5.56 Å². The van der Waals surface area contributed by atoms with Gasteiger partial charge in [0, 0.05) is 31.2 Å². The van der Waals surface area contributed by atoms with Crippen LogP contribution in [0.3, 0.4) is 0 Å². The van der Waals surface area contributed by atoms with Crippen molar-refractivity contribution in [3.05, 3.63) is 33.8 Å². The molecule has 10 nitrogen and oxygen atoms in total. The van der Waals surface area contributed by atoms with E-state index < -0.39 is 22.9 Å². The molecule has 190 valence electrons. The predicted molar refractivity (Wildman–Crippen MR) is 131 cm³/mol. The number of hydrogen-bond acceptors (Lipinski definition) is 6. The minimum Gasteiger partial charge on any atom is -0.492 e. The molecule has 2 amide bonds. The molecule has 4 rings (SSSR count). The van der Waals surface area contributed by atoms with Gasteiger partial charge >= 0.3 is 6.09 Å². The molecule has 2 N–H and O–H groups in total. The number of rotatable bonds is 4. The Kier molecular flexibility index (Phi) is 6.19. The highest BCUT2D eigenvalue weighted by Crippen LogP contribution is 2.30. The lowest BCUT2D eigenvalue weighted by atomic mass is 9.96. The normalized spacial score (nSPS) is 16.9. The van der Waals surface area contributed by atoms with Gasteiger partial charge in [0.25, 0.3) is 11.5 Å². The number of carbonyl (C=O) groups is 2. The van der Waals surface area contributed by atoms with E-state index in [9.17, 15) is 19.5 Å². The Labute approximate surface area is 204 Å². The Morgan fingerprint density at radius 2 is 1.89 bits per heavy atom. The lowest BCUT2D eigenvalue weighted by Crippen LogP contribution is -2.39. The third-order valence-electron chi connectivity index (χ3n) is 5.86.